The topological polar surface area (TPSA) is 46.1 Å². The van der Waals surface area contributed by atoms with Gasteiger partial charge in [0.2, 0.25) is 0 Å². The molecule has 88 valence electrons. The fraction of sp³-hybridized carbons (Fsp3) is 0.615. The summed E-state index contributed by atoms with van der Waals surface area (Å²) in [6.45, 7) is 11.1. The molecule has 0 aromatic heterocycles. The highest BCUT2D eigenvalue weighted by molar-refractivity contribution is 5.17. The van der Waals surface area contributed by atoms with E-state index in [1.165, 1.54) is 12.2 Å². The summed E-state index contributed by atoms with van der Waals surface area (Å²) in [5, 5.41) is 23.0. The van der Waals surface area contributed by atoms with Crippen molar-refractivity contribution < 1.29 is 10.2 Å². The largest absolute Gasteiger partial charge is 0.930 e. The van der Waals surface area contributed by atoms with Crippen molar-refractivity contribution >= 4 is 0 Å². The Morgan fingerprint density at radius 2 is 1.07 bits per heavy atom. The van der Waals surface area contributed by atoms with Gasteiger partial charge in [-0.25, -0.2) is 11.5 Å². The third-order valence-electron chi connectivity index (χ3n) is 1.97. The van der Waals surface area contributed by atoms with E-state index in [9.17, 15) is 10.2 Å². The van der Waals surface area contributed by atoms with Gasteiger partial charge in [-0.15, -0.1) is 0 Å². The van der Waals surface area contributed by atoms with E-state index in [0.29, 0.717) is 0 Å². The highest BCUT2D eigenvalue weighted by Crippen LogP contribution is 2.22. The fourth-order valence-electron chi connectivity index (χ4n) is 0.723. The van der Waals surface area contributed by atoms with Crippen molar-refractivity contribution in [2.45, 2.75) is 41.5 Å². The molecule has 0 aliphatic carbocycles. The van der Waals surface area contributed by atoms with Gasteiger partial charge in [-0.3, -0.25) is 0 Å². The molecular formula is C13H21O2-3. The summed E-state index contributed by atoms with van der Waals surface area (Å²) in [6, 6.07) is 0. The summed E-state index contributed by atoms with van der Waals surface area (Å²) in [4.78, 5) is 0. The molecule has 0 unspecified atom stereocenters. The predicted octanol–water partition coefficient (Wildman–Crippen LogP) is 1.77. The molecule has 0 fully saturated rings. The second kappa shape index (κ2) is 4.65. The van der Waals surface area contributed by atoms with E-state index in [1.807, 2.05) is 41.5 Å². The number of rotatable bonds is 2. The zero-order valence-corrected chi connectivity index (χ0v) is 10.5. The lowest BCUT2D eigenvalue weighted by Crippen LogP contribution is -2.21. The van der Waals surface area contributed by atoms with Crippen molar-refractivity contribution in [3.8, 4) is 0 Å². The average Bonchev–Trinajstić information content (AvgIpc) is 2.00. The van der Waals surface area contributed by atoms with Gasteiger partial charge in [0, 0.05) is 0 Å². The first kappa shape index (κ1) is 13.9. The van der Waals surface area contributed by atoms with Crippen LogP contribution in [0.2, 0.25) is 0 Å². The van der Waals surface area contributed by atoms with Crippen LogP contribution in [0.3, 0.4) is 0 Å². The first-order chi connectivity index (χ1) is 6.55. The summed E-state index contributed by atoms with van der Waals surface area (Å²) < 4.78 is 0. The molecule has 0 aliphatic heterocycles. The van der Waals surface area contributed by atoms with Crippen LogP contribution in [0.4, 0.5) is 0 Å². The Bertz CT molecular complexity index is 231. The molecule has 15 heavy (non-hydrogen) atoms. The van der Waals surface area contributed by atoms with Crippen molar-refractivity contribution in [2.24, 2.45) is 10.8 Å². The molecule has 2 heteroatoms. The van der Waals surface area contributed by atoms with E-state index in [-0.39, 0.29) is 22.3 Å². The number of hydrogen-bond acceptors (Lipinski definition) is 2. The third-order valence-corrected chi connectivity index (χ3v) is 1.97. The summed E-state index contributed by atoms with van der Waals surface area (Å²) >= 11 is 0. The van der Waals surface area contributed by atoms with Crippen LogP contribution in [0.25, 0.3) is 0 Å². The Labute approximate surface area is 93.3 Å². The van der Waals surface area contributed by atoms with Gasteiger partial charge in [0.1, 0.15) is 0 Å². The van der Waals surface area contributed by atoms with E-state index in [4.69, 9.17) is 0 Å². The van der Waals surface area contributed by atoms with Gasteiger partial charge < -0.3 is 10.2 Å². The summed E-state index contributed by atoms with van der Waals surface area (Å²) in [5.41, 5.74) is -0.760. The molecule has 0 N–H and O–H groups in total. The molecule has 0 atom stereocenters. The van der Waals surface area contributed by atoms with Gasteiger partial charge in [0.15, 0.2) is 0 Å². The molecule has 0 heterocycles. The van der Waals surface area contributed by atoms with Crippen LogP contribution < -0.4 is 10.2 Å². The molecule has 0 radical (unpaired) electrons. The minimum absolute atomic E-state index is 0.0282. The zero-order chi connectivity index (χ0) is 12.3. The van der Waals surface area contributed by atoms with Crippen LogP contribution in [-0.2, 0) is 0 Å². The minimum atomic E-state index is -0.380. The standard InChI is InChI=1S/C13H23O2/c1-12(2,3)10(14)8-7-9-11(15)13(4,5)6/h7-9,14-15H,1-6H3/q-1/p-2/b10-8-,11-9?. The SMILES string of the molecule is CC(C)(C)C([O-])=C[CH-]/C=C(\[O-])C(C)(C)C. The molecule has 0 spiro atoms. The molecule has 0 aliphatic rings. The van der Waals surface area contributed by atoms with Crippen LogP contribution in [0.5, 0.6) is 0 Å². The van der Waals surface area contributed by atoms with Crippen LogP contribution in [0.15, 0.2) is 23.7 Å². The van der Waals surface area contributed by atoms with Gasteiger partial charge in [0.25, 0.3) is 0 Å². The van der Waals surface area contributed by atoms with E-state index in [2.05, 4.69) is 0 Å². The Hall–Kier alpha value is -1.05. The first-order valence-corrected chi connectivity index (χ1v) is 5.15. The van der Waals surface area contributed by atoms with E-state index >= 15 is 0 Å². The second-order valence-electron chi connectivity index (χ2n) is 5.75. The van der Waals surface area contributed by atoms with E-state index in [0.717, 1.165) is 0 Å². The van der Waals surface area contributed by atoms with Crippen molar-refractivity contribution in [2.75, 3.05) is 0 Å². The highest BCUT2D eigenvalue weighted by atomic mass is 16.3. The predicted molar refractivity (Wildman–Crippen MR) is 59.4 cm³/mol. The van der Waals surface area contributed by atoms with Crippen LogP contribution in [0.1, 0.15) is 41.5 Å². The van der Waals surface area contributed by atoms with Gasteiger partial charge >= 0.3 is 0 Å². The van der Waals surface area contributed by atoms with Crippen LogP contribution in [-0.4, -0.2) is 0 Å². The molecule has 0 saturated heterocycles. The van der Waals surface area contributed by atoms with Gasteiger partial charge in [-0.2, -0.15) is 18.6 Å². The molecular weight excluding hydrogens is 188 g/mol. The normalized spacial score (nSPS) is 15.3. The molecule has 0 bridgehead atoms. The van der Waals surface area contributed by atoms with Crippen molar-refractivity contribution in [1.82, 2.24) is 0 Å². The molecule has 2 nitrogen and oxygen atoms in total. The van der Waals surface area contributed by atoms with Crippen LogP contribution in [0, 0.1) is 17.3 Å². The molecule has 0 aromatic carbocycles. The smallest absolute Gasteiger partial charge is 0.0681 e. The average molecular weight is 209 g/mol. The van der Waals surface area contributed by atoms with Gasteiger partial charge in [0.05, 0.1) is 0 Å². The first-order valence-electron chi connectivity index (χ1n) is 5.15. The third kappa shape index (κ3) is 5.40. The van der Waals surface area contributed by atoms with Gasteiger partial charge in [-0.1, -0.05) is 52.4 Å². The lowest BCUT2D eigenvalue weighted by Gasteiger charge is -2.36. The maximum atomic E-state index is 11.5. The van der Waals surface area contributed by atoms with Crippen molar-refractivity contribution in [3.05, 3.63) is 30.1 Å². The van der Waals surface area contributed by atoms with Crippen molar-refractivity contribution in [1.29, 1.82) is 0 Å². The zero-order valence-electron chi connectivity index (χ0n) is 10.5. The Morgan fingerprint density at radius 3 is 1.27 bits per heavy atom. The molecule has 0 aromatic rings. The summed E-state index contributed by atoms with van der Waals surface area (Å²) in [7, 11) is 0. The molecule has 0 rings (SSSR count). The van der Waals surface area contributed by atoms with Crippen molar-refractivity contribution in [3.63, 3.8) is 0 Å². The van der Waals surface area contributed by atoms with E-state index < -0.39 is 0 Å². The molecule has 0 saturated carbocycles. The maximum absolute atomic E-state index is 11.5. The number of allylic oxidation sites excluding steroid dienone is 4. The minimum Gasteiger partial charge on any atom is -0.930 e. The lowest BCUT2D eigenvalue weighted by atomic mass is 9.91. The second-order valence-corrected chi connectivity index (χ2v) is 5.75. The monoisotopic (exact) mass is 209 g/mol. The summed E-state index contributed by atoms with van der Waals surface area (Å²) in [6.07, 6.45) is 4.47. The van der Waals surface area contributed by atoms with E-state index in [1.54, 1.807) is 6.42 Å². The highest BCUT2D eigenvalue weighted by Gasteiger charge is 2.03. The Kier molecular flexibility index (Phi) is 4.32. The molecule has 0 amide bonds. The maximum Gasteiger partial charge on any atom is -0.0681 e. The quantitative estimate of drug-likeness (QED) is 0.514. The van der Waals surface area contributed by atoms with Gasteiger partial charge in [-0.05, 0) is 0 Å². The Morgan fingerprint density at radius 1 is 0.800 bits per heavy atom. The Balaban J connectivity index is 4.44. The fourth-order valence-corrected chi connectivity index (χ4v) is 0.723. The van der Waals surface area contributed by atoms with Crippen LogP contribution >= 0.6 is 0 Å². The summed E-state index contributed by atoms with van der Waals surface area (Å²) in [5.74, 6) is 0.0564. The lowest BCUT2D eigenvalue weighted by molar-refractivity contribution is -0.323. The number of hydrogen-bond donors (Lipinski definition) is 0.